The van der Waals surface area contributed by atoms with Crippen molar-refractivity contribution in [3.8, 4) is 0 Å². The Kier molecular flexibility index (Phi) is 5.22. The van der Waals surface area contributed by atoms with Gasteiger partial charge < -0.3 is 10.6 Å². The van der Waals surface area contributed by atoms with E-state index in [1.807, 2.05) is 12.1 Å². The van der Waals surface area contributed by atoms with Gasteiger partial charge in [0.05, 0.1) is 6.04 Å². The fraction of sp³-hybridized carbons (Fsp3) is 0.417. The lowest BCUT2D eigenvalue weighted by Gasteiger charge is -2.19. The maximum absolute atomic E-state index is 5.21. The summed E-state index contributed by atoms with van der Waals surface area (Å²) in [6.07, 6.45) is 0. The van der Waals surface area contributed by atoms with Gasteiger partial charge in [-0.15, -0.1) is 0 Å². The van der Waals surface area contributed by atoms with Crippen LogP contribution in [0.3, 0.4) is 0 Å². The summed E-state index contributed by atoms with van der Waals surface area (Å²) in [7, 11) is 0. The number of hydrogen-bond donors (Lipinski definition) is 2. The molecule has 0 aliphatic carbocycles. The summed E-state index contributed by atoms with van der Waals surface area (Å²) < 4.78 is 1.08. The van der Waals surface area contributed by atoms with Crippen molar-refractivity contribution in [3.63, 3.8) is 0 Å². The molecule has 0 fully saturated rings. The summed E-state index contributed by atoms with van der Waals surface area (Å²) in [4.78, 5) is 0. The second kappa shape index (κ2) is 6.21. The summed E-state index contributed by atoms with van der Waals surface area (Å²) in [6, 6.07) is 8.78. The predicted molar refractivity (Wildman–Crippen MR) is 76.6 cm³/mol. The molecule has 1 aromatic rings. The SMILES string of the molecule is CC(C)NC(=S)NC(C)c1cccc(Br)c1. The molecule has 1 aromatic carbocycles. The molecule has 1 atom stereocenters. The molecule has 0 bridgehead atoms. The molecule has 16 heavy (non-hydrogen) atoms. The molecule has 0 saturated carbocycles. The quantitative estimate of drug-likeness (QED) is 0.837. The second-order valence-corrected chi connectivity index (χ2v) is 5.37. The molecule has 2 N–H and O–H groups in total. The molecule has 0 amide bonds. The number of hydrogen-bond acceptors (Lipinski definition) is 1. The molecule has 4 heteroatoms. The predicted octanol–water partition coefficient (Wildman–Crippen LogP) is 3.38. The average molecular weight is 301 g/mol. The second-order valence-electron chi connectivity index (χ2n) is 4.05. The molecule has 0 heterocycles. The van der Waals surface area contributed by atoms with Gasteiger partial charge >= 0.3 is 0 Å². The Morgan fingerprint density at radius 1 is 1.25 bits per heavy atom. The van der Waals surface area contributed by atoms with Crippen LogP contribution in [0.1, 0.15) is 32.4 Å². The molecule has 0 aliphatic heterocycles. The molecule has 0 aliphatic rings. The highest BCUT2D eigenvalue weighted by Gasteiger charge is 2.07. The highest BCUT2D eigenvalue weighted by Crippen LogP contribution is 2.17. The largest absolute Gasteiger partial charge is 0.361 e. The molecule has 0 radical (unpaired) electrons. The highest BCUT2D eigenvalue weighted by molar-refractivity contribution is 9.10. The van der Waals surface area contributed by atoms with Gasteiger partial charge in [0.1, 0.15) is 0 Å². The van der Waals surface area contributed by atoms with Crippen LogP contribution < -0.4 is 10.6 Å². The lowest BCUT2D eigenvalue weighted by atomic mass is 10.1. The van der Waals surface area contributed by atoms with E-state index in [1.165, 1.54) is 5.56 Å². The average Bonchev–Trinajstić information content (AvgIpc) is 2.16. The van der Waals surface area contributed by atoms with Crippen LogP contribution in [0.5, 0.6) is 0 Å². The Labute approximate surface area is 111 Å². The van der Waals surface area contributed by atoms with Gasteiger partial charge in [0, 0.05) is 10.5 Å². The van der Waals surface area contributed by atoms with Crippen molar-refractivity contribution >= 4 is 33.3 Å². The van der Waals surface area contributed by atoms with Crippen molar-refractivity contribution in [1.82, 2.24) is 10.6 Å². The van der Waals surface area contributed by atoms with Gasteiger partial charge in [-0.1, -0.05) is 28.1 Å². The number of benzene rings is 1. The molecular weight excluding hydrogens is 284 g/mol. The zero-order valence-electron chi connectivity index (χ0n) is 9.75. The molecule has 88 valence electrons. The first-order valence-electron chi connectivity index (χ1n) is 5.31. The molecule has 0 spiro atoms. The summed E-state index contributed by atoms with van der Waals surface area (Å²) in [5, 5.41) is 7.12. The van der Waals surface area contributed by atoms with E-state index >= 15 is 0 Å². The first-order valence-corrected chi connectivity index (χ1v) is 6.51. The first-order chi connectivity index (χ1) is 7.49. The van der Waals surface area contributed by atoms with E-state index in [9.17, 15) is 0 Å². The van der Waals surface area contributed by atoms with E-state index in [2.05, 4.69) is 59.5 Å². The zero-order valence-corrected chi connectivity index (χ0v) is 12.2. The van der Waals surface area contributed by atoms with Gasteiger partial charge in [-0.05, 0) is 50.7 Å². The lowest BCUT2D eigenvalue weighted by Crippen LogP contribution is -2.40. The summed E-state index contributed by atoms with van der Waals surface area (Å²) in [6.45, 7) is 6.23. The van der Waals surface area contributed by atoms with E-state index in [0.717, 1.165) is 4.47 Å². The third-order valence-electron chi connectivity index (χ3n) is 2.12. The fourth-order valence-corrected chi connectivity index (χ4v) is 2.19. The Morgan fingerprint density at radius 2 is 1.94 bits per heavy atom. The zero-order chi connectivity index (χ0) is 12.1. The lowest BCUT2D eigenvalue weighted by molar-refractivity contribution is 0.663. The Balaban J connectivity index is 2.58. The number of nitrogens with one attached hydrogen (secondary N) is 2. The van der Waals surface area contributed by atoms with Crippen molar-refractivity contribution in [1.29, 1.82) is 0 Å². The van der Waals surface area contributed by atoms with Crippen molar-refractivity contribution in [3.05, 3.63) is 34.3 Å². The van der Waals surface area contributed by atoms with Crippen molar-refractivity contribution in [2.24, 2.45) is 0 Å². The minimum absolute atomic E-state index is 0.205. The number of thiocarbonyl (C=S) groups is 1. The third-order valence-corrected chi connectivity index (χ3v) is 2.84. The van der Waals surface area contributed by atoms with Crippen molar-refractivity contribution in [2.45, 2.75) is 32.9 Å². The fourth-order valence-electron chi connectivity index (χ4n) is 1.36. The van der Waals surface area contributed by atoms with Gasteiger partial charge in [-0.3, -0.25) is 0 Å². The van der Waals surface area contributed by atoms with E-state index in [1.54, 1.807) is 0 Å². The molecule has 1 rings (SSSR count). The molecule has 1 unspecified atom stereocenters. The van der Waals surface area contributed by atoms with E-state index in [-0.39, 0.29) is 6.04 Å². The van der Waals surface area contributed by atoms with E-state index < -0.39 is 0 Å². The normalized spacial score (nSPS) is 12.3. The Morgan fingerprint density at radius 3 is 2.50 bits per heavy atom. The van der Waals surface area contributed by atoms with Crippen LogP contribution in [0.4, 0.5) is 0 Å². The number of rotatable bonds is 3. The topological polar surface area (TPSA) is 24.1 Å². The van der Waals surface area contributed by atoms with Crippen LogP contribution >= 0.6 is 28.1 Å². The number of halogens is 1. The molecule has 0 aromatic heterocycles. The molecular formula is C12H17BrN2S. The van der Waals surface area contributed by atoms with Gasteiger partial charge in [-0.25, -0.2) is 0 Å². The van der Waals surface area contributed by atoms with Crippen LogP contribution in [-0.2, 0) is 0 Å². The van der Waals surface area contributed by atoms with Crippen LogP contribution in [0.2, 0.25) is 0 Å². The van der Waals surface area contributed by atoms with Gasteiger partial charge in [0.15, 0.2) is 5.11 Å². The maximum atomic E-state index is 5.21. The van der Waals surface area contributed by atoms with Gasteiger partial charge in [-0.2, -0.15) is 0 Å². The van der Waals surface area contributed by atoms with Crippen LogP contribution in [0.25, 0.3) is 0 Å². The smallest absolute Gasteiger partial charge is 0.166 e. The third kappa shape index (κ3) is 4.49. The maximum Gasteiger partial charge on any atom is 0.166 e. The van der Waals surface area contributed by atoms with E-state index in [4.69, 9.17) is 12.2 Å². The summed E-state index contributed by atoms with van der Waals surface area (Å²) in [5.74, 6) is 0. The molecule has 0 saturated heterocycles. The summed E-state index contributed by atoms with van der Waals surface area (Å²) in [5.41, 5.74) is 1.21. The molecule has 2 nitrogen and oxygen atoms in total. The van der Waals surface area contributed by atoms with Gasteiger partial charge in [0.2, 0.25) is 0 Å². The van der Waals surface area contributed by atoms with E-state index in [0.29, 0.717) is 11.2 Å². The monoisotopic (exact) mass is 300 g/mol. The summed E-state index contributed by atoms with van der Waals surface area (Å²) >= 11 is 8.67. The minimum Gasteiger partial charge on any atom is -0.361 e. The van der Waals surface area contributed by atoms with Gasteiger partial charge in [0.25, 0.3) is 0 Å². The Bertz CT molecular complexity index is 366. The minimum atomic E-state index is 0.205. The standard InChI is InChI=1S/C12H17BrN2S/c1-8(2)14-12(16)15-9(3)10-5-4-6-11(13)7-10/h4-9H,1-3H3,(H2,14,15,16). The first kappa shape index (κ1) is 13.5. The van der Waals surface area contributed by atoms with Crippen LogP contribution in [0.15, 0.2) is 28.7 Å². The Hall–Kier alpha value is -0.610. The van der Waals surface area contributed by atoms with Crippen LogP contribution in [0, 0.1) is 0 Å². The van der Waals surface area contributed by atoms with Crippen LogP contribution in [-0.4, -0.2) is 11.2 Å². The van der Waals surface area contributed by atoms with Crippen molar-refractivity contribution in [2.75, 3.05) is 0 Å². The highest BCUT2D eigenvalue weighted by atomic mass is 79.9. The van der Waals surface area contributed by atoms with Crippen molar-refractivity contribution < 1.29 is 0 Å².